The van der Waals surface area contributed by atoms with Gasteiger partial charge in [-0.1, -0.05) is 24.3 Å². The molecule has 7 heteroatoms. The lowest BCUT2D eigenvalue weighted by Gasteiger charge is -2.06. The number of phenols is 1. The van der Waals surface area contributed by atoms with Gasteiger partial charge < -0.3 is 14.9 Å². The second kappa shape index (κ2) is 7.60. The van der Waals surface area contributed by atoms with Crippen LogP contribution in [0.5, 0.6) is 11.5 Å². The lowest BCUT2D eigenvalue weighted by Crippen LogP contribution is -2.17. The van der Waals surface area contributed by atoms with Crippen LogP contribution in [0, 0.1) is 0 Å². The number of para-hydroxylation sites is 2. The molecule has 0 atom stereocenters. The maximum Gasteiger partial charge on any atom is 0.341 e. The average molecular weight is 314 g/mol. The first-order valence-corrected chi connectivity index (χ1v) is 6.63. The predicted molar refractivity (Wildman–Crippen MR) is 82.7 cm³/mol. The normalized spacial score (nSPS) is 10.4. The summed E-state index contributed by atoms with van der Waals surface area (Å²) < 4.78 is 5.12. The number of nitrogens with zero attached hydrogens (tertiary/aromatic N) is 1. The van der Waals surface area contributed by atoms with Crippen LogP contribution in [0.3, 0.4) is 0 Å². The molecule has 0 fully saturated rings. The number of hydrogen-bond donors (Lipinski definition) is 3. The average Bonchev–Trinajstić information content (AvgIpc) is 2.54. The molecule has 7 nitrogen and oxygen atoms in total. The highest BCUT2D eigenvalue weighted by atomic mass is 16.5. The zero-order chi connectivity index (χ0) is 16.7. The van der Waals surface area contributed by atoms with E-state index in [1.807, 2.05) is 0 Å². The number of rotatable bonds is 6. The summed E-state index contributed by atoms with van der Waals surface area (Å²) in [6.07, 6.45) is 1.33. The number of hydrazone groups is 1. The van der Waals surface area contributed by atoms with E-state index in [0.29, 0.717) is 11.3 Å². The van der Waals surface area contributed by atoms with E-state index in [2.05, 4.69) is 10.5 Å². The number of carboxylic acid groups (broad SMARTS) is 1. The summed E-state index contributed by atoms with van der Waals surface area (Å²) >= 11 is 0. The number of hydrogen-bond acceptors (Lipinski definition) is 5. The molecule has 0 aromatic heterocycles. The fourth-order valence-corrected chi connectivity index (χ4v) is 1.74. The van der Waals surface area contributed by atoms with Gasteiger partial charge >= 0.3 is 5.97 Å². The first-order valence-electron chi connectivity index (χ1n) is 6.63. The van der Waals surface area contributed by atoms with Gasteiger partial charge in [-0.15, -0.1) is 0 Å². The van der Waals surface area contributed by atoms with Crippen molar-refractivity contribution in [1.29, 1.82) is 0 Å². The van der Waals surface area contributed by atoms with Crippen molar-refractivity contribution in [3.8, 4) is 11.5 Å². The van der Waals surface area contributed by atoms with Crippen molar-refractivity contribution in [2.75, 3.05) is 6.61 Å². The molecule has 2 aromatic rings. The summed E-state index contributed by atoms with van der Waals surface area (Å²) in [6, 6.07) is 12.7. The Hall–Kier alpha value is -3.35. The van der Waals surface area contributed by atoms with Gasteiger partial charge in [0.05, 0.1) is 11.8 Å². The summed E-state index contributed by atoms with van der Waals surface area (Å²) in [5.74, 6) is -1.48. The molecule has 0 heterocycles. The summed E-state index contributed by atoms with van der Waals surface area (Å²) in [6.45, 7) is -0.477. The fourth-order valence-electron chi connectivity index (χ4n) is 1.74. The number of ether oxygens (including phenoxy) is 1. The highest BCUT2D eigenvalue weighted by Crippen LogP contribution is 2.16. The minimum Gasteiger partial charge on any atom is -0.507 e. The Bertz CT molecular complexity index is 743. The largest absolute Gasteiger partial charge is 0.507 e. The summed E-state index contributed by atoms with van der Waals surface area (Å²) in [7, 11) is 0. The molecule has 0 spiro atoms. The van der Waals surface area contributed by atoms with Gasteiger partial charge in [-0.2, -0.15) is 5.10 Å². The Balaban J connectivity index is 2.05. The molecular formula is C16H14N2O5. The van der Waals surface area contributed by atoms with Gasteiger partial charge in [0.15, 0.2) is 6.61 Å². The molecule has 0 aliphatic rings. The maximum atomic E-state index is 11.9. The van der Waals surface area contributed by atoms with Crippen molar-refractivity contribution < 1.29 is 24.5 Å². The molecule has 1 amide bonds. The third kappa shape index (κ3) is 4.57. The van der Waals surface area contributed by atoms with E-state index in [-0.39, 0.29) is 11.3 Å². The summed E-state index contributed by atoms with van der Waals surface area (Å²) in [4.78, 5) is 22.4. The van der Waals surface area contributed by atoms with E-state index < -0.39 is 18.5 Å². The number of carbonyl (C=O) groups is 2. The summed E-state index contributed by atoms with van der Waals surface area (Å²) in [5, 5.41) is 22.0. The van der Waals surface area contributed by atoms with Crippen molar-refractivity contribution in [3.63, 3.8) is 0 Å². The van der Waals surface area contributed by atoms with Crippen LogP contribution in [0.15, 0.2) is 53.6 Å². The second-order valence-electron chi connectivity index (χ2n) is 4.44. The molecule has 0 radical (unpaired) electrons. The predicted octanol–water partition coefficient (Wildman–Crippen LogP) is 1.62. The molecule has 0 saturated heterocycles. The summed E-state index contributed by atoms with van der Waals surface area (Å²) in [5.41, 5.74) is 2.88. The van der Waals surface area contributed by atoms with Gasteiger partial charge in [0.25, 0.3) is 5.91 Å². The van der Waals surface area contributed by atoms with Gasteiger partial charge in [0.2, 0.25) is 0 Å². The number of aromatic hydroxyl groups is 1. The number of aliphatic carboxylic acids is 1. The minimum absolute atomic E-state index is 0.0973. The Morgan fingerprint density at radius 3 is 2.57 bits per heavy atom. The Morgan fingerprint density at radius 1 is 1.13 bits per heavy atom. The number of phenolic OH excluding ortho intramolecular Hbond substituents is 1. The number of nitrogens with one attached hydrogen (secondary N) is 1. The number of amides is 1. The van der Waals surface area contributed by atoms with Crippen LogP contribution >= 0.6 is 0 Å². The first-order chi connectivity index (χ1) is 11.1. The van der Waals surface area contributed by atoms with Crippen molar-refractivity contribution in [1.82, 2.24) is 5.43 Å². The van der Waals surface area contributed by atoms with Crippen LogP contribution < -0.4 is 10.2 Å². The number of carbonyl (C=O) groups excluding carboxylic acids is 1. The molecule has 0 aliphatic heterocycles. The van der Waals surface area contributed by atoms with Crippen LogP contribution in [0.1, 0.15) is 15.9 Å². The Kier molecular flexibility index (Phi) is 5.30. The Morgan fingerprint density at radius 2 is 1.83 bits per heavy atom. The Labute approximate surface area is 131 Å². The van der Waals surface area contributed by atoms with Gasteiger partial charge in [-0.05, 0) is 24.3 Å². The van der Waals surface area contributed by atoms with Gasteiger partial charge in [0, 0.05) is 5.56 Å². The van der Waals surface area contributed by atoms with Gasteiger partial charge in [-0.3, -0.25) is 4.79 Å². The van der Waals surface area contributed by atoms with E-state index in [0.717, 1.165) is 0 Å². The van der Waals surface area contributed by atoms with Crippen LogP contribution in [0.2, 0.25) is 0 Å². The molecule has 0 aliphatic carbocycles. The zero-order valence-electron chi connectivity index (χ0n) is 12.0. The monoisotopic (exact) mass is 314 g/mol. The minimum atomic E-state index is -1.09. The zero-order valence-corrected chi connectivity index (χ0v) is 12.0. The molecule has 0 saturated carbocycles. The van der Waals surface area contributed by atoms with Crippen LogP contribution in [-0.4, -0.2) is 34.9 Å². The van der Waals surface area contributed by atoms with E-state index in [4.69, 9.17) is 9.84 Å². The van der Waals surface area contributed by atoms with Gasteiger partial charge in [0.1, 0.15) is 11.5 Å². The topological polar surface area (TPSA) is 108 Å². The van der Waals surface area contributed by atoms with Crippen LogP contribution in [0.4, 0.5) is 0 Å². The third-order valence-corrected chi connectivity index (χ3v) is 2.79. The number of benzene rings is 2. The molecule has 23 heavy (non-hydrogen) atoms. The standard InChI is InChI=1S/C16H14N2O5/c19-13-7-3-2-6-12(13)16(22)18-17-9-11-5-1-4-8-14(11)23-10-15(20)21/h1-9,19H,10H2,(H,18,22)(H,20,21)/b17-9-. The molecule has 0 bridgehead atoms. The van der Waals surface area contributed by atoms with Crippen LogP contribution in [-0.2, 0) is 4.79 Å². The fraction of sp³-hybridized carbons (Fsp3) is 0.0625. The van der Waals surface area contributed by atoms with Crippen molar-refractivity contribution >= 4 is 18.1 Å². The molecular weight excluding hydrogens is 300 g/mol. The lowest BCUT2D eigenvalue weighted by molar-refractivity contribution is -0.139. The van der Waals surface area contributed by atoms with Crippen LogP contribution in [0.25, 0.3) is 0 Å². The van der Waals surface area contributed by atoms with E-state index in [1.165, 1.54) is 18.3 Å². The van der Waals surface area contributed by atoms with E-state index in [1.54, 1.807) is 36.4 Å². The van der Waals surface area contributed by atoms with Crippen molar-refractivity contribution in [2.24, 2.45) is 5.10 Å². The maximum absolute atomic E-state index is 11.9. The van der Waals surface area contributed by atoms with Gasteiger partial charge in [-0.25, -0.2) is 10.2 Å². The second-order valence-corrected chi connectivity index (χ2v) is 4.44. The first kappa shape index (κ1) is 16.0. The lowest BCUT2D eigenvalue weighted by atomic mass is 10.2. The smallest absolute Gasteiger partial charge is 0.341 e. The quantitative estimate of drug-likeness (QED) is 0.554. The highest BCUT2D eigenvalue weighted by Gasteiger charge is 2.09. The van der Waals surface area contributed by atoms with E-state index >= 15 is 0 Å². The third-order valence-electron chi connectivity index (χ3n) is 2.79. The van der Waals surface area contributed by atoms with E-state index in [9.17, 15) is 14.7 Å². The molecule has 118 valence electrons. The SMILES string of the molecule is O=C(O)COc1ccccc1/C=N\NC(=O)c1ccccc1O. The number of carboxylic acids is 1. The van der Waals surface area contributed by atoms with Crippen molar-refractivity contribution in [3.05, 3.63) is 59.7 Å². The molecule has 2 rings (SSSR count). The molecule has 2 aromatic carbocycles. The molecule has 0 unspecified atom stereocenters. The molecule has 3 N–H and O–H groups in total. The highest BCUT2D eigenvalue weighted by molar-refractivity contribution is 5.97. The van der Waals surface area contributed by atoms with Crippen molar-refractivity contribution in [2.45, 2.75) is 0 Å².